The molecule has 0 aliphatic carbocycles. The van der Waals surface area contributed by atoms with E-state index in [2.05, 4.69) is 9.72 Å². The second-order valence-electron chi connectivity index (χ2n) is 2.95. The van der Waals surface area contributed by atoms with Crippen molar-refractivity contribution in [3.63, 3.8) is 0 Å². The first-order chi connectivity index (χ1) is 6.68. The Morgan fingerprint density at radius 3 is 2.86 bits per heavy atom. The number of esters is 2. The molecule has 0 radical (unpaired) electrons. The largest absolute Gasteiger partial charge is 0.393 e. The molecule has 0 spiro atoms. The maximum Gasteiger partial charge on any atom is 0.321 e. The lowest BCUT2D eigenvalue weighted by Crippen LogP contribution is -2.07. The minimum absolute atomic E-state index is 0.0975. The van der Waals surface area contributed by atoms with E-state index in [1.54, 1.807) is 0 Å². The van der Waals surface area contributed by atoms with Gasteiger partial charge in [-0.3, -0.25) is 14.6 Å². The van der Waals surface area contributed by atoms with Crippen LogP contribution in [-0.4, -0.2) is 16.9 Å². The Morgan fingerprint density at radius 1 is 1.50 bits per heavy atom. The highest BCUT2D eigenvalue weighted by Crippen LogP contribution is 2.28. The zero-order valence-electron chi connectivity index (χ0n) is 7.07. The van der Waals surface area contributed by atoms with Crippen LogP contribution in [0.15, 0.2) is 18.5 Å². The Balaban J connectivity index is 2.36. The van der Waals surface area contributed by atoms with Crippen LogP contribution in [0.4, 0.5) is 4.39 Å². The number of aromatic nitrogens is 1. The second kappa shape index (κ2) is 3.17. The molecule has 0 aromatic carbocycles. The van der Waals surface area contributed by atoms with Gasteiger partial charge in [0.15, 0.2) is 0 Å². The van der Waals surface area contributed by atoms with E-state index in [0.29, 0.717) is 0 Å². The van der Waals surface area contributed by atoms with Gasteiger partial charge in [-0.15, -0.1) is 0 Å². The van der Waals surface area contributed by atoms with E-state index in [0.717, 1.165) is 6.20 Å². The number of cyclic esters (lactones) is 2. The number of pyridine rings is 1. The minimum Gasteiger partial charge on any atom is -0.393 e. The molecule has 1 unspecified atom stereocenters. The first-order valence-electron chi connectivity index (χ1n) is 4.02. The molecule has 0 N–H and O–H groups in total. The van der Waals surface area contributed by atoms with Gasteiger partial charge < -0.3 is 4.74 Å². The van der Waals surface area contributed by atoms with Gasteiger partial charge in [0.25, 0.3) is 0 Å². The number of carbonyl (C=O) groups excluding carboxylic acids is 2. The second-order valence-corrected chi connectivity index (χ2v) is 2.95. The number of nitrogens with zero attached hydrogens (tertiary/aromatic N) is 1. The summed E-state index contributed by atoms with van der Waals surface area (Å²) in [4.78, 5) is 25.4. The molecule has 2 heterocycles. The van der Waals surface area contributed by atoms with Crippen LogP contribution in [-0.2, 0) is 14.3 Å². The van der Waals surface area contributed by atoms with Crippen molar-refractivity contribution in [2.24, 2.45) is 0 Å². The number of hydrogen-bond donors (Lipinski definition) is 0. The van der Waals surface area contributed by atoms with Gasteiger partial charge in [0.05, 0.1) is 18.5 Å². The predicted octanol–water partition coefficient (Wildman–Crippen LogP) is 0.778. The molecule has 5 heteroatoms. The number of ether oxygens (including phenoxy) is 1. The molecule has 72 valence electrons. The third-order valence-electron chi connectivity index (χ3n) is 2.05. The highest BCUT2D eigenvalue weighted by atomic mass is 19.1. The predicted molar refractivity (Wildman–Crippen MR) is 42.7 cm³/mol. The number of halogens is 1. The van der Waals surface area contributed by atoms with Gasteiger partial charge in [-0.2, -0.15) is 0 Å². The van der Waals surface area contributed by atoms with Crippen LogP contribution < -0.4 is 0 Å². The van der Waals surface area contributed by atoms with Crippen LogP contribution in [0.5, 0.6) is 0 Å². The molecule has 1 aliphatic rings. The Hall–Kier alpha value is -1.78. The SMILES string of the molecule is O=C1CC(c2ccncc2F)C(=O)O1. The van der Waals surface area contributed by atoms with Crippen molar-refractivity contribution in [2.75, 3.05) is 0 Å². The monoisotopic (exact) mass is 195 g/mol. The zero-order chi connectivity index (χ0) is 10.1. The fourth-order valence-corrected chi connectivity index (χ4v) is 1.38. The van der Waals surface area contributed by atoms with Gasteiger partial charge in [0, 0.05) is 11.8 Å². The van der Waals surface area contributed by atoms with Crippen LogP contribution in [0.1, 0.15) is 17.9 Å². The summed E-state index contributed by atoms with van der Waals surface area (Å²) in [7, 11) is 0. The fourth-order valence-electron chi connectivity index (χ4n) is 1.38. The van der Waals surface area contributed by atoms with E-state index >= 15 is 0 Å². The molecule has 1 aromatic rings. The molecule has 1 fully saturated rings. The standard InChI is InChI=1S/C9H6FNO3/c10-7-4-11-2-1-5(7)6-3-8(12)14-9(6)13/h1-2,4,6H,3H2. The lowest BCUT2D eigenvalue weighted by molar-refractivity contribution is -0.152. The van der Waals surface area contributed by atoms with Crippen LogP contribution in [0.3, 0.4) is 0 Å². The minimum atomic E-state index is -0.814. The summed E-state index contributed by atoms with van der Waals surface area (Å²) in [5.74, 6) is -2.72. The molecule has 0 saturated carbocycles. The third kappa shape index (κ3) is 1.37. The van der Waals surface area contributed by atoms with Crippen LogP contribution in [0.2, 0.25) is 0 Å². The normalized spacial score (nSPS) is 21.1. The van der Waals surface area contributed by atoms with Gasteiger partial charge in [0.2, 0.25) is 0 Å². The highest BCUT2D eigenvalue weighted by molar-refractivity contribution is 5.97. The quantitative estimate of drug-likeness (QED) is 0.490. The Bertz CT molecular complexity index is 405. The van der Waals surface area contributed by atoms with Gasteiger partial charge >= 0.3 is 11.9 Å². The van der Waals surface area contributed by atoms with Crippen molar-refractivity contribution >= 4 is 11.9 Å². The maximum atomic E-state index is 13.2. The van der Waals surface area contributed by atoms with E-state index in [-0.39, 0.29) is 12.0 Å². The Labute approximate surface area is 78.7 Å². The van der Waals surface area contributed by atoms with Crippen molar-refractivity contribution in [2.45, 2.75) is 12.3 Å². The van der Waals surface area contributed by atoms with Gasteiger partial charge in [0.1, 0.15) is 5.82 Å². The molecular formula is C9H6FNO3. The summed E-state index contributed by atoms with van der Waals surface area (Å²) >= 11 is 0. The number of hydrogen-bond acceptors (Lipinski definition) is 4. The van der Waals surface area contributed by atoms with E-state index in [4.69, 9.17) is 0 Å². The summed E-state index contributed by atoms with van der Waals surface area (Å²) in [5, 5.41) is 0. The molecule has 14 heavy (non-hydrogen) atoms. The van der Waals surface area contributed by atoms with E-state index in [1.165, 1.54) is 12.3 Å². The number of rotatable bonds is 1. The van der Waals surface area contributed by atoms with E-state index < -0.39 is 23.7 Å². The average molecular weight is 195 g/mol. The third-order valence-corrected chi connectivity index (χ3v) is 2.05. The van der Waals surface area contributed by atoms with Gasteiger partial charge in [-0.05, 0) is 6.07 Å². The van der Waals surface area contributed by atoms with E-state index in [9.17, 15) is 14.0 Å². The topological polar surface area (TPSA) is 56.3 Å². The first-order valence-corrected chi connectivity index (χ1v) is 4.02. The molecule has 0 amide bonds. The summed E-state index contributed by atoms with van der Waals surface area (Å²) in [6.07, 6.45) is 2.28. The lowest BCUT2D eigenvalue weighted by Gasteiger charge is -2.04. The molecular weight excluding hydrogens is 189 g/mol. The average Bonchev–Trinajstić information content (AvgIpc) is 2.46. The van der Waals surface area contributed by atoms with Gasteiger partial charge in [-0.25, -0.2) is 4.39 Å². The van der Waals surface area contributed by atoms with Crippen LogP contribution in [0.25, 0.3) is 0 Å². The molecule has 0 bridgehead atoms. The summed E-state index contributed by atoms with van der Waals surface area (Å²) in [6, 6.07) is 1.37. The highest BCUT2D eigenvalue weighted by Gasteiger charge is 2.36. The lowest BCUT2D eigenvalue weighted by atomic mass is 9.98. The summed E-state index contributed by atoms with van der Waals surface area (Å²) in [6.45, 7) is 0. The molecule has 1 saturated heterocycles. The molecule has 2 rings (SSSR count). The summed E-state index contributed by atoms with van der Waals surface area (Å²) < 4.78 is 17.5. The number of carbonyl (C=O) groups is 2. The van der Waals surface area contributed by atoms with Crippen molar-refractivity contribution < 1.29 is 18.7 Å². The van der Waals surface area contributed by atoms with Crippen molar-refractivity contribution in [3.8, 4) is 0 Å². The summed E-state index contributed by atoms with van der Waals surface area (Å²) in [5.41, 5.74) is 0.163. The van der Waals surface area contributed by atoms with Crippen LogP contribution >= 0.6 is 0 Å². The van der Waals surface area contributed by atoms with Crippen molar-refractivity contribution in [1.29, 1.82) is 0 Å². The maximum absolute atomic E-state index is 13.2. The molecule has 1 aromatic heterocycles. The molecule has 4 nitrogen and oxygen atoms in total. The fraction of sp³-hybridized carbons (Fsp3) is 0.222. The van der Waals surface area contributed by atoms with Crippen molar-refractivity contribution in [1.82, 2.24) is 4.98 Å². The van der Waals surface area contributed by atoms with Gasteiger partial charge in [-0.1, -0.05) is 0 Å². The molecule has 1 atom stereocenters. The zero-order valence-corrected chi connectivity index (χ0v) is 7.07. The Morgan fingerprint density at radius 2 is 2.29 bits per heavy atom. The smallest absolute Gasteiger partial charge is 0.321 e. The first kappa shape index (κ1) is 8.80. The van der Waals surface area contributed by atoms with Crippen LogP contribution in [0, 0.1) is 5.82 Å². The Kier molecular flexibility index (Phi) is 1.99. The van der Waals surface area contributed by atoms with E-state index in [1.807, 2.05) is 0 Å². The molecule has 1 aliphatic heterocycles. The van der Waals surface area contributed by atoms with Crippen molar-refractivity contribution in [3.05, 3.63) is 29.8 Å².